The first kappa shape index (κ1) is 11.9. The van der Waals surface area contributed by atoms with Gasteiger partial charge >= 0.3 is 0 Å². The van der Waals surface area contributed by atoms with Crippen LogP contribution in [-0.2, 0) is 4.79 Å². The molecule has 0 aromatic carbocycles. The van der Waals surface area contributed by atoms with E-state index in [1.54, 1.807) is 0 Å². The van der Waals surface area contributed by atoms with Crippen LogP contribution in [-0.4, -0.2) is 23.9 Å². The summed E-state index contributed by atoms with van der Waals surface area (Å²) in [4.78, 5) is 14.4. The lowest BCUT2D eigenvalue weighted by Gasteiger charge is -2.32. The Morgan fingerprint density at radius 2 is 1.56 bits per heavy atom. The van der Waals surface area contributed by atoms with Crippen LogP contribution in [0, 0.1) is 11.8 Å². The van der Waals surface area contributed by atoms with Crippen molar-refractivity contribution in [1.29, 1.82) is 0 Å². The van der Waals surface area contributed by atoms with Crippen LogP contribution in [0.15, 0.2) is 0 Å². The van der Waals surface area contributed by atoms with E-state index in [1.165, 1.54) is 38.5 Å². The fourth-order valence-corrected chi connectivity index (χ4v) is 3.27. The molecule has 0 unspecified atom stereocenters. The molecule has 0 radical (unpaired) electrons. The molecule has 0 saturated heterocycles. The lowest BCUT2D eigenvalue weighted by atomic mass is 9.82. The van der Waals surface area contributed by atoms with E-state index in [2.05, 4.69) is 11.8 Å². The normalized spacial score (nSPS) is 31.6. The number of carbonyl (C=O) groups is 1. The summed E-state index contributed by atoms with van der Waals surface area (Å²) < 4.78 is 0. The number of amides is 1. The van der Waals surface area contributed by atoms with E-state index in [4.69, 9.17) is 0 Å². The number of hydrogen-bond donors (Lipinski definition) is 0. The molecule has 0 aliphatic heterocycles. The maximum Gasteiger partial charge on any atom is 0.225 e. The highest BCUT2D eigenvalue weighted by Gasteiger charge is 2.30. The Morgan fingerprint density at radius 1 is 1.00 bits per heavy atom. The van der Waals surface area contributed by atoms with Crippen LogP contribution < -0.4 is 0 Å². The van der Waals surface area contributed by atoms with Crippen LogP contribution in [0.3, 0.4) is 0 Å². The van der Waals surface area contributed by atoms with Gasteiger partial charge in [0.05, 0.1) is 0 Å². The van der Waals surface area contributed by atoms with Crippen LogP contribution in [0.1, 0.15) is 58.3 Å². The molecule has 0 atom stereocenters. The molecule has 2 fully saturated rings. The largest absolute Gasteiger partial charge is 0.343 e. The average molecular weight is 223 g/mol. The molecule has 1 amide bonds. The van der Waals surface area contributed by atoms with E-state index in [0.29, 0.717) is 17.9 Å². The molecule has 2 aliphatic carbocycles. The first-order valence-electron chi connectivity index (χ1n) is 6.95. The van der Waals surface area contributed by atoms with Gasteiger partial charge in [-0.1, -0.05) is 19.8 Å². The Labute approximate surface area is 99.4 Å². The number of hydrogen-bond acceptors (Lipinski definition) is 1. The van der Waals surface area contributed by atoms with Crippen molar-refractivity contribution < 1.29 is 4.79 Å². The highest BCUT2D eigenvalue weighted by atomic mass is 16.2. The molecule has 2 heteroatoms. The smallest absolute Gasteiger partial charge is 0.225 e. The Bertz CT molecular complexity index is 237. The van der Waals surface area contributed by atoms with Crippen LogP contribution in [0.2, 0.25) is 0 Å². The molecule has 92 valence electrons. The van der Waals surface area contributed by atoms with Gasteiger partial charge in [0.2, 0.25) is 5.91 Å². The first-order chi connectivity index (χ1) is 7.68. The fraction of sp³-hybridized carbons (Fsp3) is 0.929. The lowest BCUT2D eigenvalue weighted by Crippen LogP contribution is -2.40. The summed E-state index contributed by atoms with van der Waals surface area (Å²) in [6.45, 7) is 2.31. The number of rotatable bonds is 2. The van der Waals surface area contributed by atoms with E-state index in [-0.39, 0.29) is 0 Å². The summed E-state index contributed by atoms with van der Waals surface area (Å²) in [7, 11) is 2.02. The van der Waals surface area contributed by atoms with Gasteiger partial charge in [0.1, 0.15) is 0 Å². The van der Waals surface area contributed by atoms with E-state index < -0.39 is 0 Å². The summed E-state index contributed by atoms with van der Waals surface area (Å²) in [6, 6.07) is 0.548. The van der Waals surface area contributed by atoms with Crippen molar-refractivity contribution in [3.8, 4) is 0 Å². The van der Waals surface area contributed by atoms with Crippen molar-refractivity contribution in [2.24, 2.45) is 11.8 Å². The minimum Gasteiger partial charge on any atom is -0.343 e. The van der Waals surface area contributed by atoms with E-state index in [0.717, 1.165) is 18.8 Å². The van der Waals surface area contributed by atoms with Crippen molar-refractivity contribution in [3.63, 3.8) is 0 Å². The zero-order valence-corrected chi connectivity index (χ0v) is 10.7. The summed E-state index contributed by atoms with van der Waals surface area (Å²) in [5, 5.41) is 0. The Kier molecular flexibility index (Phi) is 3.88. The molecule has 2 rings (SSSR count). The Hall–Kier alpha value is -0.530. The minimum absolute atomic E-state index is 0.335. The highest BCUT2D eigenvalue weighted by molar-refractivity contribution is 5.79. The minimum atomic E-state index is 0.335. The maximum absolute atomic E-state index is 12.3. The quantitative estimate of drug-likeness (QED) is 0.704. The average Bonchev–Trinajstić information content (AvgIpc) is 2.81. The van der Waals surface area contributed by atoms with Crippen LogP contribution >= 0.6 is 0 Å². The van der Waals surface area contributed by atoms with Gasteiger partial charge in [-0.05, 0) is 44.4 Å². The molecular formula is C14H25NO. The van der Waals surface area contributed by atoms with Crippen LogP contribution in [0.25, 0.3) is 0 Å². The zero-order chi connectivity index (χ0) is 11.5. The number of nitrogens with zero attached hydrogens (tertiary/aromatic N) is 1. The van der Waals surface area contributed by atoms with Gasteiger partial charge in [0, 0.05) is 19.0 Å². The van der Waals surface area contributed by atoms with Gasteiger partial charge in [-0.25, -0.2) is 0 Å². The van der Waals surface area contributed by atoms with E-state index in [9.17, 15) is 4.79 Å². The van der Waals surface area contributed by atoms with Crippen molar-refractivity contribution in [1.82, 2.24) is 4.90 Å². The highest BCUT2D eigenvalue weighted by Crippen LogP contribution is 2.31. The lowest BCUT2D eigenvalue weighted by molar-refractivity contribution is -0.137. The summed E-state index contributed by atoms with van der Waals surface area (Å²) in [5.74, 6) is 1.60. The van der Waals surface area contributed by atoms with Gasteiger partial charge in [0.25, 0.3) is 0 Å². The third-order valence-corrected chi connectivity index (χ3v) is 4.59. The maximum atomic E-state index is 12.3. The standard InChI is InChI=1S/C14H25NO/c1-11-7-9-12(10-8-11)14(16)15(2)13-5-3-4-6-13/h11-13H,3-10H2,1-2H3. The summed E-state index contributed by atoms with van der Waals surface area (Å²) >= 11 is 0. The zero-order valence-electron chi connectivity index (χ0n) is 10.7. The monoisotopic (exact) mass is 223 g/mol. The molecule has 0 heterocycles. The SMILES string of the molecule is CC1CCC(C(=O)N(C)C2CCCC2)CC1. The Morgan fingerprint density at radius 3 is 2.12 bits per heavy atom. The molecule has 2 saturated carbocycles. The predicted molar refractivity (Wildman–Crippen MR) is 66.1 cm³/mol. The van der Waals surface area contributed by atoms with E-state index in [1.807, 2.05) is 7.05 Å². The molecule has 0 spiro atoms. The summed E-state index contributed by atoms with van der Waals surface area (Å²) in [6.07, 6.45) is 9.81. The van der Waals surface area contributed by atoms with E-state index >= 15 is 0 Å². The second-order valence-corrected chi connectivity index (χ2v) is 5.84. The van der Waals surface area contributed by atoms with Crippen molar-refractivity contribution in [3.05, 3.63) is 0 Å². The molecule has 2 aliphatic rings. The second kappa shape index (κ2) is 5.20. The third-order valence-electron chi connectivity index (χ3n) is 4.59. The topological polar surface area (TPSA) is 20.3 Å². The third kappa shape index (κ3) is 2.58. The molecule has 16 heavy (non-hydrogen) atoms. The van der Waals surface area contributed by atoms with Gasteiger partial charge in [-0.2, -0.15) is 0 Å². The van der Waals surface area contributed by atoms with Crippen molar-refractivity contribution in [2.45, 2.75) is 64.3 Å². The fourth-order valence-electron chi connectivity index (χ4n) is 3.27. The van der Waals surface area contributed by atoms with Crippen LogP contribution in [0.4, 0.5) is 0 Å². The van der Waals surface area contributed by atoms with Crippen molar-refractivity contribution >= 4 is 5.91 Å². The van der Waals surface area contributed by atoms with Gasteiger partial charge < -0.3 is 4.90 Å². The predicted octanol–water partition coefficient (Wildman–Crippen LogP) is 3.21. The Balaban J connectivity index is 1.86. The summed E-state index contributed by atoms with van der Waals surface area (Å²) in [5.41, 5.74) is 0. The van der Waals surface area contributed by atoms with Gasteiger partial charge in [0.15, 0.2) is 0 Å². The number of carbonyl (C=O) groups excluding carboxylic acids is 1. The molecule has 0 N–H and O–H groups in total. The molecular weight excluding hydrogens is 198 g/mol. The molecule has 2 nitrogen and oxygen atoms in total. The molecule has 0 aromatic rings. The van der Waals surface area contributed by atoms with Crippen molar-refractivity contribution in [2.75, 3.05) is 7.05 Å². The van der Waals surface area contributed by atoms with Gasteiger partial charge in [-0.3, -0.25) is 4.79 Å². The van der Waals surface area contributed by atoms with Gasteiger partial charge in [-0.15, -0.1) is 0 Å². The molecule has 0 aromatic heterocycles. The molecule has 0 bridgehead atoms. The first-order valence-corrected chi connectivity index (χ1v) is 6.95. The second-order valence-electron chi connectivity index (χ2n) is 5.84. The van der Waals surface area contributed by atoms with Crippen LogP contribution in [0.5, 0.6) is 0 Å².